The topological polar surface area (TPSA) is 71.5 Å². The van der Waals surface area contributed by atoms with Crippen LogP contribution in [0, 0.1) is 6.92 Å². The molecule has 2 amide bonds. The lowest BCUT2D eigenvalue weighted by Gasteiger charge is -2.31. The molecule has 28 heavy (non-hydrogen) atoms. The number of carbonyl (C=O) groups is 2. The highest BCUT2D eigenvalue weighted by atomic mass is 35.5. The molecule has 3 rings (SSSR count). The molecule has 150 valence electrons. The zero-order valence-corrected chi connectivity index (χ0v) is 18.0. The maximum Gasteiger partial charge on any atom is 0.409 e. The van der Waals surface area contributed by atoms with Crippen LogP contribution < -0.4 is 5.32 Å². The fraction of sp³-hybridized carbons (Fsp3) is 0.421. The minimum Gasteiger partial charge on any atom is -0.450 e. The largest absolute Gasteiger partial charge is 0.450 e. The molecule has 0 unspecified atom stereocenters. The van der Waals surface area contributed by atoms with E-state index in [1.165, 1.54) is 11.3 Å². The van der Waals surface area contributed by atoms with Crippen molar-refractivity contribution in [1.82, 2.24) is 15.2 Å². The first-order valence-corrected chi connectivity index (χ1v) is 10.6. The smallest absolute Gasteiger partial charge is 0.409 e. The van der Waals surface area contributed by atoms with Gasteiger partial charge in [0.15, 0.2) is 0 Å². The Kier molecular flexibility index (Phi) is 6.80. The molecule has 0 bridgehead atoms. The summed E-state index contributed by atoms with van der Waals surface area (Å²) in [6, 6.07) is 5.27. The number of thiazole rings is 1. The highest BCUT2D eigenvalue weighted by Crippen LogP contribution is 2.37. The number of piperidine rings is 1. The van der Waals surface area contributed by atoms with E-state index in [1.54, 1.807) is 36.9 Å². The summed E-state index contributed by atoms with van der Waals surface area (Å²) in [4.78, 5) is 31.2. The molecule has 0 aliphatic carbocycles. The number of carbonyl (C=O) groups excluding carboxylic acids is 2. The van der Waals surface area contributed by atoms with E-state index in [2.05, 4.69) is 10.3 Å². The number of aryl methyl sites for hydroxylation is 1. The minimum atomic E-state index is -0.299. The number of amides is 2. The van der Waals surface area contributed by atoms with Crippen molar-refractivity contribution in [3.05, 3.63) is 38.8 Å². The molecule has 2 heterocycles. The Morgan fingerprint density at radius 3 is 2.54 bits per heavy atom. The van der Waals surface area contributed by atoms with Crippen molar-refractivity contribution in [2.75, 3.05) is 19.7 Å². The summed E-state index contributed by atoms with van der Waals surface area (Å²) in [7, 11) is 0. The van der Waals surface area contributed by atoms with Crippen LogP contribution in [0.25, 0.3) is 10.6 Å². The average molecular weight is 442 g/mol. The van der Waals surface area contributed by atoms with Crippen molar-refractivity contribution in [1.29, 1.82) is 0 Å². The van der Waals surface area contributed by atoms with Gasteiger partial charge in [0.05, 0.1) is 22.3 Å². The summed E-state index contributed by atoms with van der Waals surface area (Å²) in [5, 5.41) is 4.67. The second-order valence-corrected chi connectivity index (χ2v) is 8.28. The van der Waals surface area contributed by atoms with Gasteiger partial charge in [0.25, 0.3) is 5.91 Å². The number of hydrogen-bond donors (Lipinski definition) is 1. The SMILES string of the molecule is CCOC(=O)N1CCC(NC(=O)c2sc(-c3c(Cl)cccc3Cl)nc2C)CC1. The van der Waals surface area contributed by atoms with Crippen molar-refractivity contribution in [3.63, 3.8) is 0 Å². The van der Waals surface area contributed by atoms with E-state index in [0.717, 1.165) is 0 Å². The Labute approximate surface area is 177 Å². The molecule has 9 heteroatoms. The van der Waals surface area contributed by atoms with Gasteiger partial charge in [-0.1, -0.05) is 29.3 Å². The number of halogens is 2. The molecule has 1 fully saturated rings. The van der Waals surface area contributed by atoms with E-state index in [0.29, 0.717) is 63.7 Å². The number of nitrogens with one attached hydrogen (secondary N) is 1. The molecule has 0 spiro atoms. The standard InChI is InChI=1S/C19H21Cl2N3O3S/c1-3-27-19(26)24-9-7-12(8-10-24)23-17(25)16-11(2)22-18(28-16)15-13(20)5-4-6-14(15)21/h4-6,12H,3,7-10H2,1-2H3,(H,23,25). The number of benzene rings is 1. The van der Waals surface area contributed by atoms with Gasteiger partial charge in [-0.2, -0.15) is 0 Å². The molecule has 6 nitrogen and oxygen atoms in total. The van der Waals surface area contributed by atoms with Crippen LogP contribution in [0.5, 0.6) is 0 Å². The summed E-state index contributed by atoms with van der Waals surface area (Å²) < 4.78 is 5.02. The second-order valence-electron chi connectivity index (χ2n) is 6.46. The third-order valence-electron chi connectivity index (χ3n) is 4.54. The van der Waals surface area contributed by atoms with Gasteiger partial charge in [0, 0.05) is 24.7 Å². The highest BCUT2D eigenvalue weighted by molar-refractivity contribution is 7.17. The van der Waals surface area contributed by atoms with E-state index >= 15 is 0 Å². The van der Waals surface area contributed by atoms with Gasteiger partial charge in [0.1, 0.15) is 9.88 Å². The van der Waals surface area contributed by atoms with E-state index in [4.69, 9.17) is 27.9 Å². The van der Waals surface area contributed by atoms with Gasteiger partial charge >= 0.3 is 6.09 Å². The Bertz CT molecular complexity index is 859. The maximum atomic E-state index is 12.8. The van der Waals surface area contributed by atoms with Gasteiger partial charge in [0.2, 0.25) is 0 Å². The van der Waals surface area contributed by atoms with Crippen LogP contribution in [-0.4, -0.2) is 47.6 Å². The molecule has 1 aliphatic heterocycles. The molecule has 1 aromatic heterocycles. The summed E-state index contributed by atoms with van der Waals surface area (Å²) in [5.41, 5.74) is 1.28. The van der Waals surface area contributed by atoms with Crippen molar-refractivity contribution in [2.24, 2.45) is 0 Å². The van der Waals surface area contributed by atoms with Gasteiger partial charge in [-0.15, -0.1) is 11.3 Å². The molecule has 0 radical (unpaired) electrons. The lowest BCUT2D eigenvalue weighted by atomic mass is 10.1. The molecule has 1 aliphatic rings. The average Bonchev–Trinajstić information content (AvgIpc) is 3.04. The van der Waals surface area contributed by atoms with Crippen LogP contribution in [0.3, 0.4) is 0 Å². The van der Waals surface area contributed by atoms with Crippen LogP contribution in [0.15, 0.2) is 18.2 Å². The number of aromatic nitrogens is 1. The minimum absolute atomic E-state index is 0.00651. The van der Waals surface area contributed by atoms with Crippen molar-refractivity contribution in [2.45, 2.75) is 32.7 Å². The maximum absolute atomic E-state index is 12.8. The second kappa shape index (κ2) is 9.11. The Morgan fingerprint density at radius 2 is 1.93 bits per heavy atom. The number of likely N-dealkylation sites (tertiary alicyclic amines) is 1. The van der Waals surface area contributed by atoms with Crippen LogP contribution in [0.2, 0.25) is 10.0 Å². The number of nitrogens with zero attached hydrogens (tertiary/aromatic N) is 2. The van der Waals surface area contributed by atoms with Crippen molar-refractivity contribution < 1.29 is 14.3 Å². The fourth-order valence-corrected chi connectivity index (χ4v) is 4.82. The zero-order chi connectivity index (χ0) is 20.3. The molecule has 2 aromatic rings. The number of rotatable bonds is 4. The van der Waals surface area contributed by atoms with E-state index in [-0.39, 0.29) is 18.0 Å². The molecule has 1 saturated heterocycles. The third-order valence-corrected chi connectivity index (χ3v) is 6.34. The first-order chi connectivity index (χ1) is 13.4. The third kappa shape index (κ3) is 4.59. The Hall–Kier alpha value is -1.83. The van der Waals surface area contributed by atoms with E-state index < -0.39 is 0 Å². The van der Waals surface area contributed by atoms with Crippen LogP contribution in [0.1, 0.15) is 35.1 Å². The first kappa shape index (κ1) is 20.9. The Balaban J connectivity index is 1.66. The molecular formula is C19H21Cl2N3O3S. The van der Waals surface area contributed by atoms with E-state index in [1.807, 2.05) is 0 Å². The van der Waals surface area contributed by atoms with Crippen molar-refractivity contribution in [3.8, 4) is 10.6 Å². The number of hydrogen-bond acceptors (Lipinski definition) is 5. The molecule has 0 atom stereocenters. The highest BCUT2D eigenvalue weighted by Gasteiger charge is 2.26. The number of ether oxygens (including phenoxy) is 1. The molecule has 1 aromatic carbocycles. The summed E-state index contributed by atoms with van der Waals surface area (Å²) in [5.74, 6) is -0.168. The van der Waals surface area contributed by atoms with Gasteiger partial charge in [-0.25, -0.2) is 9.78 Å². The van der Waals surface area contributed by atoms with Crippen LogP contribution in [-0.2, 0) is 4.74 Å². The predicted octanol–water partition coefficient (Wildman–Crippen LogP) is 4.78. The van der Waals surface area contributed by atoms with E-state index in [9.17, 15) is 9.59 Å². The predicted molar refractivity (Wildman–Crippen MR) is 111 cm³/mol. The van der Waals surface area contributed by atoms with Gasteiger partial charge < -0.3 is 15.0 Å². The van der Waals surface area contributed by atoms with Crippen LogP contribution >= 0.6 is 34.5 Å². The molecule has 0 saturated carbocycles. The van der Waals surface area contributed by atoms with Crippen LogP contribution in [0.4, 0.5) is 4.79 Å². The van der Waals surface area contributed by atoms with Crippen molar-refractivity contribution >= 4 is 46.5 Å². The normalized spacial score (nSPS) is 14.8. The molecule has 1 N–H and O–H groups in total. The lowest BCUT2D eigenvalue weighted by Crippen LogP contribution is -2.46. The lowest BCUT2D eigenvalue weighted by molar-refractivity contribution is 0.0862. The summed E-state index contributed by atoms with van der Waals surface area (Å²) in [6.45, 7) is 5.06. The van der Waals surface area contributed by atoms with Gasteiger partial charge in [-0.3, -0.25) is 4.79 Å². The Morgan fingerprint density at radius 1 is 1.29 bits per heavy atom. The fourth-order valence-electron chi connectivity index (χ4n) is 3.09. The monoisotopic (exact) mass is 441 g/mol. The zero-order valence-electron chi connectivity index (χ0n) is 15.6. The summed E-state index contributed by atoms with van der Waals surface area (Å²) in [6.07, 6.45) is 1.07. The first-order valence-electron chi connectivity index (χ1n) is 9.05. The molecular weight excluding hydrogens is 421 g/mol. The summed E-state index contributed by atoms with van der Waals surface area (Å²) >= 11 is 13.8. The quantitative estimate of drug-likeness (QED) is 0.740. The van der Waals surface area contributed by atoms with Gasteiger partial charge in [-0.05, 0) is 38.8 Å².